The Kier molecular flexibility index (Phi) is 31.1. The molecule has 8 aromatic carbocycles. The molecule has 0 saturated carbocycles. The molecule has 3 N–H and O–H groups in total. The number of ether oxygens (including phenoxy) is 4. The van der Waals surface area contributed by atoms with E-state index in [1.54, 1.807) is 54.0 Å². The monoisotopic (exact) mass is 1560 g/mol. The number of methoxy groups -OCH3 is 1. The summed E-state index contributed by atoms with van der Waals surface area (Å²) in [5.41, 5.74) is 7.69. The smallest absolute Gasteiger partial charge is 0.489 e. The third-order valence-corrected chi connectivity index (χ3v) is 49.4. The molecule has 0 unspecified atom stereocenters. The van der Waals surface area contributed by atoms with Gasteiger partial charge >= 0.3 is 7.12 Å². The first-order chi connectivity index (χ1) is 46.5. The fourth-order valence-corrected chi connectivity index (χ4v) is 54.9. The minimum Gasteiger partial charge on any atom is -0.497 e. The number of ketones is 1. The van der Waals surface area contributed by atoms with Gasteiger partial charge in [-0.1, -0.05) is 222 Å². The van der Waals surface area contributed by atoms with Crippen molar-refractivity contribution in [2.75, 3.05) is 33.5 Å². The van der Waals surface area contributed by atoms with E-state index >= 15 is 0 Å². The SMILES string of the molecule is CCCC(=O)CNC(=O)c1cc(OCCc2ccccc2)ccc1Br.CCCc1cnc(-c2cc(OCCc3ccccc3)ccc2B(O)O)s1.CCCc1cnc(-c2cc(OCCc3ccccc3)ccc2Br)s1.COc1ccc(P2(=S)SP(=S)(c3ccc(C)cc3)S2)cc1. The molecule has 1 amide bonds. The topological polar surface area (TPSA) is 149 Å². The number of aromatic nitrogens is 2. The average molecular weight is 1560 g/mol. The molecule has 500 valence electrons. The van der Waals surface area contributed by atoms with Crippen molar-refractivity contribution in [2.45, 2.75) is 85.5 Å². The van der Waals surface area contributed by atoms with Gasteiger partial charge in [-0.2, -0.15) is 0 Å². The number of halogens is 2. The number of hydrogen-bond donors (Lipinski definition) is 3. The number of hydrogen-bond acceptors (Lipinski definition) is 16. The van der Waals surface area contributed by atoms with E-state index in [9.17, 15) is 19.6 Å². The first-order valence-corrected chi connectivity index (χ1v) is 44.5. The van der Waals surface area contributed by atoms with Crippen LogP contribution in [-0.4, -0.2) is 72.3 Å². The van der Waals surface area contributed by atoms with Crippen LogP contribution in [0.1, 0.15) is 88.8 Å². The van der Waals surface area contributed by atoms with Crippen LogP contribution in [0.4, 0.5) is 0 Å². The van der Waals surface area contributed by atoms with E-state index in [4.69, 9.17) is 42.6 Å². The quantitative estimate of drug-likeness (QED) is 0.0331. The predicted molar refractivity (Wildman–Crippen MR) is 421 cm³/mol. The maximum atomic E-state index is 12.3. The second-order valence-electron chi connectivity index (χ2n) is 22.1. The molecule has 0 atom stereocenters. The number of carbonyl (C=O) groups is 2. The Bertz CT molecular complexity index is 4160. The van der Waals surface area contributed by atoms with Crippen LogP contribution < -0.4 is 40.3 Å². The number of thiazole rings is 2. The van der Waals surface area contributed by atoms with E-state index in [1.165, 1.54) is 42.6 Å². The van der Waals surface area contributed by atoms with Crippen molar-refractivity contribution in [1.82, 2.24) is 15.3 Å². The molecule has 11 nitrogen and oxygen atoms in total. The Labute approximate surface area is 608 Å². The molecule has 22 heteroatoms. The zero-order valence-electron chi connectivity index (χ0n) is 54.2. The largest absolute Gasteiger partial charge is 0.497 e. The third kappa shape index (κ3) is 23.5. The molecule has 0 aliphatic carbocycles. The van der Waals surface area contributed by atoms with Crippen LogP contribution in [0, 0.1) is 6.92 Å². The van der Waals surface area contributed by atoms with Crippen LogP contribution in [0.15, 0.2) is 215 Å². The van der Waals surface area contributed by atoms with Gasteiger partial charge in [-0.3, -0.25) is 9.59 Å². The van der Waals surface area contributed by atoms with Crippen molar-refractivity contribution in [2.24, 2.45) is 0 Å². The van der Waals surface area contributed by atoms with E-state index in [2.05, 4.69) is 159 Å². The summed E-state index contributed by atoms with van der Waals surface area (Å²) in [6.07, 6.45) is 11.9. The van der Waals surface area contributed by atoms with Crippen LogP contribution in [0.25, 0.3) is 21.1 Å². The minimum atomic E-state index is -1.62. The highest BCUT2D eigenvalue weighted by atomic mass is 79.9. The Morgan fingerprint density at radius 3 is 1.42 bits per heavy atom. The van der Waals surface area contributed by atoms with Gasteiger partial charge < -0.3 is 34.3 Å². The van der Waals surface area contributed by atoms with Crippen LogP contribution >= 0.6 is 85.4 Å². The second kappa shape index (κ2) is 39.2. The van der Waals surface area contributed by atoms with Gasteiger partial charge in [0.1, 0.15) is 33.0 Å². The molecule has 1 saturated heterocycles. The molecule has 1 aliphatic heterocycles. The first-order valence-electron chi connectivity index (χ1n) is 31.6. The lowest BCUT2D eigenvalue weighted by molar-refractivity contribution is -0.118. The normalized spacial score (nSPS) is 14.4. The molecular formula is C74H78BBr2N3O8P2S6. The van der Waals surface area contributed by atoms with Crippen molar-refractivity contribution in [1.29, 1.82) is 0 Å². The molecule has 0 bridgehead atoms. The van der Waals surface area contributed by atoms with Crippen LogP contribution in [-0.2, 0) is 60.5 Å². The summed E-state index contributed by atoms with van der Waals surface area (Å²) >= 11 is 25.9. The Morgan fingerprint density at radius 2 is 0.958 bits per heavy atom. The molecule has 0 spiro atoms. The van der Waals surface area contributed by atoms with Gasteiger partial charge in [0.05, 0.1) is 47.9 Å². The van der Waals surface area contributed by atoms with Crippen LogP contribution in [0.5, 0.6) is 23.0 Å². The number of carbonyl (C=O) groups excluding carboxylic acids is 2. The zero-order valence-corrected chi connectivity index (χ0v) is 64.1. The molecule has 96 heavy (non-hydrogen) atoms. The zero-order chi connectivity index (χ0) is 68.3. The van der Waals surface area contributed by atoms with Crippen molar-refractivity contribution in [3.8, 4) is 44.1 Å². The van der Waals surface area contributed by atoms with Gasteiger partial charge in [0.15, 0.2) is 5.78 Å². The summed E-state index contributed by atoms with van der Waals surface area (Å²) in [5.74, 6) is 2.83. The molecule has 11 rings (SSSR count). The molecular weight excluding hydrogens is 1480 g/mol. The Morgan fingerprint density at radius 1 is 0.531 bits per heavy atom. The lowest BCUT2D eigenvalue weighted by Gasteiger charge is -2.40. The van der Waals surface area contributed by atoms with Crippen molar-refractivity contribution in [3.05, 3.63) is 253 Å². The highest BCUT2D eigenvalue weighted by Gasteiger charge is 2.46. The summed E-state index contributed by atoms with van der Waals surface area (Å²) in [7, 11) is 0.138. The summed E-state index contributed by atoms with van der Waals surface area (Å²) in [6.45, 7) is 10.2. The number of benzene rings is 8. The highest BCUT2D eigenvalue weighted by Crippen LogP contribution is 3.04. The minimum absolute atomic E-state index is 0.0299. The van der Waals surface area contributed by atoms with Crippen LogP contribution in [0.2, 0.25) is 0 Å². The molecule has 2 aromatic heterocycles. The average Bonchev–Trinajstić information content (AvgIpc) is 0.889. The molecule has 0 radical (unpaired) electrons. The van der Waals surface area contributed by atoms with Gasteiger partial charge in [0.25, 0.3) is 5.91 Å². The summed E-state index contributed by atoms with van der Waals surface area (Å²) < 4.78 is 21.3. The third-order valence-electron chi connectivity index (χ3n) is 14.6. The fraction of sp³-hybridized carbons (Fsp3) is 0.243. The predicted octanol–water partition coefficient (Wildman–Crippen LogP) is 18.4. The summed E-state index contributed by atoms with van der Waals surface area (Å²) in [4.78, 5) is 35.4. The number of nitrogens with zero attached hydrogens (tertiary/aromatic N) is 2. The first kappa shape index (κ1) is 76.1. The maximum absolute atomic E-state index is 12.3. The van der Waals surface area contributed by atoms with E-state index in [1.807, 2.05) is 120 Å². The molecule has 1 aliphatic rings. The maximum Gasteiger partial charge on any atom is 0.489 e. The highest BCUT2D eigenvalue weighted by molar-refractivity contribution is 9.48. The standard InChI is InChI=1S/C20H22BNO3S.C20H22BrNO3.C20H20BrNOS.C14H14OP2S4/c1-2-6-17-14-22-20(26-17)18-13-16(9-10-19(18)21(23)24)25-12-11-15-7-4-3-5-8-15;1-2-6-16(23)14-22-20(24)18-13-17(9-10-19(18)21)25-12-11-15-7-4-3-5-8-15;1-2-6-17-14-22-20(24-17)18-13-16(9-10-19(18)21)23-12-11-15-7-4-3-5-8-15;1-11-3-7-13(8-4-11)16(18)20-17(19,21-16)14-9-5-12(15-2)6-10-14/h3-5,7-10,13-14,23-24H,2,6,11-12H2,1H3;3-5,7-10,13H,2,6,11-12,14H2,1H3,(H,22,24);3-5,7-10,13-14H,2,6,11-12H2,1H3;3-10H,1-2H3. The van der Waals surface area contributed by atoms with Crippen molar-refractivity contribution >= 4 is 144 Å². The van der Waals surface area contributed by atoms with Gasteiger partial charge in [-0.05, 0) is 137 Å². The van der Waals surface area contributed by atoms with E-state index < -0.39 is 16.0 Å². The number of Topliss-reactive ketones (excluding diaryl/α,β-unsaturated/α-hetero) is 1. The lowest BCUT2D eigenvalue weighted by atomic mass is 9.77. The Hall–Kier alpha value is -5.70. The van der Waals surface area contributed by atoms with Gasteiger partial charge in [0.2, 0.25) is 0 Å². The summed E-state index contributed by atoms with van der Waals surface area (Å²) in [5, 5.41) is 26.4. The number of rotatable bonds is 27. The van der Waals surface area contributed by atoms with Crippen molar-refractivity contribution < 1.29 is 38.6 Å². The van der Waals surface area contributed by atoms with Crippen molar-refractivity contribution in [3.63, 3.8) is 0 Å². The number of aryl methyl sites for hydroxylation is 3. The van der Waals surface area contributed by atoms with E-state index in [0.717, 1.165) is 82.9 Å². The van der Waals surface area contributed by atoms with E-state index in [-0.39, 0.29) is 18.2 Å². The van der Waals surface area contributed by atoms with Gasteiger partial charge in [-0.25, -0.2) is 9.97 Å². The molecule has 1 fully saturated rings. The fourth-order valence-electron chi connectivity index (χ4n) is 9.56. The number of nitrogens with one attached hydrogen (secondary N) is 1. The summed E-state index contributed by atoms with van der Waals surface area (Å²) in [6, 6.07) is 64.1. The molecule has 3 heterocycles. The second-order valence-corrected chi connectivity index (χ2v) is 47.3. The Balaban J connectivity index is 0.000000164. The lowest BCUT2D eigenvalue weighted by Crippen LogP contribution is -2.31. The van der Waals surface area contributed by atoms with Gasteiger partial charge in [0, 0.05) is 78.5 Å². The molecule has 10 aromatic rings. The number of amides is 1. The van der Waals surface area contributed by atoms with Crippen LogP contribution in [0.3, 0.4) is 0 Å². The van der Waals surface area contributed by atoms with Gasteiger partial charge in [-0.15, -0.1) is 22.7 Å². The van der Waals surface area contributed by atoms with E-state index in [0.29, 0.717) is 58.8 Å².